The van der Waals surface area contributed by atoms with E-state index in [-0.39, 0.29) is 12.0 Å². The molecule has 0 unspecified atom stereocenters. The largest absolute Gasteiger partial charge is 0.391 e. The lowest BCUT2D eigenvalue weighted by Gasteiger charge is -2.35. The van der Waals surface area contributed by atoms with Crippen LogP contribution in [0.15, 0.2) is 53.1 Å². The number of benzene rings is 2. The number of nitrogens with zero attached hydrogens (tertiary/aromatic N) is 2. The van der Waals surface area contributed by atoms with Crippen molar-refractivity contribution in [2.24, 2.45) is 0 Å². The molecule has 0 bridgehead atoms. The van der Waals surface area contributed by atoms with Gasteiger partial charge >= 0.3 is 0 Å². The molecule has 25 heavy (non-hydrogen) atoms. The third kappa shape index (κ3) is 3.46. The molecular formula is C21H24N2O2. The zero-order valence-electron chi connectivity index (χ0n) is 14.6. The average molecular weight is 336 g/mol. The molecule has 0 saturated carbocycles. The Labute approximate surface area is 148 Å². The van der Waals surface area contributed by atoms with Crippen molar-refractivity contribution in [3.63, 3.8) is 0 Å². The monoisotopic (exact) mass is 336 g/mol. The first kappa shape index (κ1) is 16.3. The first-order valence-corrected chi connectivity index (χ1v) is 9.06. The van der Waals surface area contributed by atoms with Crippen molar-refractivity contribution in [1.29, 1.82) is 0 Å². The van der Waals surface area contributed by atoms with Crippen molar-refractivity contribution < 1.29 is 9.63 Å². The van der Waals surface area contributed by atoms with Crippen LogP contribution in [0.25, 0.3) is 10.8 Å². The second-order valence-corrected chi connectivity index (χ2v) is 6.94. The lowest BCUT2D eigenvalue weighted by atomic mass is 9.86. The molecule has 4 nitrogen and oxygen atoms in total. The standard InChI is InChI=1S/C21H24N2O2/c1-2-18-12-19(25-22-18)13-23-10-9-20(21(24)14-23)17-8-7-15-5-3-4-6-16(15)11-17/h3-8,11-12,20-21,24H,2,9-10,13-14H2,1H3/t20-,21+/m0/s1. The maximum Gasteiger partial charge on any atom is 0.150 e. The fourth-order valence-electron chi connectivity index (χ4n) is 3.79. The van der Waals surface area contributed by atoms with Crippen LogP contribution >= 0.6 is 0 Å². The molecule has 1 N–H and O–H groups in total. The van der Waals surface area contributed by atoms with Gasteiger partial charge in [-0.15, -0.1) is 0 Å². The Morgan fingerprint density at radius 3 is 2.76 bits per heavy atom. The van der Waals surface area contributed by atoms with Gasteiger partial charge in [0.2, 0.25) is 0 Å². The van der Waals surface area contributed by atoms with Gasteiger partial charge < -0.3 is 9.63 Å². The van der Waals surface area contributed by atoms with Gasteiger partial charge in [0.05, 0.1) is 18.3 Å². The lowest BCUT2D eigenvalue weighted by molar-refractivity contribution is 0.0438. The molecule has 130 valence electrons. The Bertz CT molecular complexity index is 858. The van der Waals surface area contributed by atoms with E-state index in [0.29, 0.717) is 13.1 Å². The normalized spacial score (nSPS) is 21.7. The van der Waals surface area contributed by atoms with Gasteiger partial charge in [-0.1, -0.05) is 54.5 Å². The molecule has 1 aliphatic heterocycles. The SMILES string of the molecule is CCc1cc(CN2CC[C@@H](c3ccc4ccccc4c3)[C@H](O)C2)on1. The molecule has 4 rings (SSSR count). The number of aliphatic hydroxyl groups excluding tert-OH is 1. The quantitative estimate of drug-likeness (QED) is 0.788. The highest BCUT2D eigenvalue weighted by molar-refractivity contribution is 5.83. The predicted octanol–water partition coefficient (Wildman–Crippen LogP) is 3.74. The molecule has 0 aliphatic carbocycles. The zero-order valence-corrected chi connectivity index (χ0v) is 14.6. The molecule has 0 spiro atoms. The van der Waals surface area contributed by atoms with E-state index < -0.39 is 0 Å². The minimum Gasteiger partial charge on any atom is -0.391 e. The summed E-state index contributed by atoms with van der Waals surface area (Å²) < 4.78 is 5.38. The molecule has 1 saturated heterocycles. The number of rotatable bonds is 4. The molecule has 3 aromatic rings. The van der Waals surface area contributed by atoms with Gasteiger partial charge in [0.15, 0.2) is 5.76 Å². The molecule has 2 aromatic carbocycles. The first-order valence-electron chi connectivity index (χ1n) is 9.06. The molecular weight excluding hydrogens is 312 g/mol. The third-order valence-corrected chi connectivity index (χ3v) is 5.22. The Balaban J connectivity index is 1.45. The summed E-state index contributed by atoms with van der Waals surface area (Å²) in [5.74, 6) is 1.08. The Hall–Kier alpha value is -2.17. The van der Waals surface area contributed by atoms with Gasteiger partial charge in [-0.3, -0.25) is 4.90 Å². The van der Waals surface area contributed by atoms with Crippen molar-refractivity contribution in [2.45, 2.75) is 38.3 Å². The van der Waals surface area contributed by atoms with Crippen molar-refractivity contribution in [3.8, 4) is 0 Å². The highest BCUT2D eigenvalue weighted by Crippen LogP contribution is 2.31. The Kier molecular flexibility index (Phi) is 4.55. The van der Waals surface area contributed by atoms with Gasteiger partial charge in [0, 0.05) is 18.5 Å². The van der Waals surface area contributed by atoms with Crippen molar-refractivity contribution in [3.05, 3.63) is 65.5 Å². The zero-order chi connectivity index (χ0) is 17.2. The average Bonchev–Trinajstić information content (AvgIpc) is 3.09. The third-order valence-electron chi connectivity index (χ3n) is 5.22. The van der Waals surface area contributed by atoms with Gasteiger partial charge in [-0.25, -0.2) is 0 Å². The summed E-state index contributed by atoms with van der Waals surface area (Å²) in [5.41, 5.74) is 2.22. The molecule has 1 fully saturated rings. The van der Waals surface area contributed by atoms with Gasteiger partial charge in [-0.2, -0.15) is 0 Å². The summed E-state index contributed by atoms with van der Waals surface area (Å²) in [7, 11) is 0. The van der Waals surface area contributed by atoms with Gasteiger partial charge in [0.1, 0.15) is 0 Å². The fourth-order valence-corrected chi connectivity index (χ4v) is 3.79. The summed E-state index contributed by atoms with van der Waals surface area (Å²) in [5, 5.41) is 17.2. The minimum absolute atomic E-state index is 0.196. The fraction of sp³-hybridized carbons (Fsp3) is 0.381. The molecule has 0 amide bonds. The lowest BCUT2D eigenvalue weighted by Crippen LogP contribution is -2.42. The van der Waals surface area contributed by atoms with Gasteiger partial charge in [-0.05, 0) is 35.7 Å². The topological polar surface area (TPSA) is 49.5 Å². The van der Waals surface area contributed by atoms with Crippen molar-refractivity contribution >= 4 is 10.8 Å². The molecule has 4 heteroatoms. The van der Waals surface area contributed by atoms with E-state index in [0.717, 1.165) is 30.8 Å². The van der Waals surface area contributed by atoms with Crippen LogP contribution in [-0.4, -0.2) is 34.4 Å². The van der Waals surface area contributed by atoms with E-state index in [2.05, 4.69) is 59.4 Å². The number of aromatic nitrogens is 1. The van der Waals surface area contributed by atoms with Crippen LogP contribution in [-0.2, 0) is 13.0 Å². The maximum absolute atomic E-state index is 10.7. The van der Waals surface area contributed by atoms with Crippen LogP contribution in [0.4, 0.5) is 0 Å². The Morgan fingerprint density at radius 2 is 2.00 bits per heavy atom. The van der Waals surface area contributed by atoms with Crippen LogP contribution in [0.5, 0.6) is 0 Å². The van der Waals surface area contributed by atoms with E-state index in [4.69, 9.17) is 4.52 Å². The first-order chi connectivity index (χ1) is 12.2. The van der Waals surface area contributed by atoms with Gasteiger partial charge in [0.25, 0.3) is 0 Å². The van der Waals surface area contributed by atoms with E-state index in [1.165, 1.54) is 16.3 Å². The number of aryl methyl sites for hydroxylation is 1. The van der Waals surface area contributed by atoms with Crippen LogP contribution in [0.1, 0.15) is 36.3 Å². The summed E-state index contributed by atoms with van der Waals surface area (Å²) in [6.45, 7) is 4.41. The van der Waals surface area contributed by atoms with E-state index in [1.54, 1.807) is 0 Å². The van der Waals surface area contributed by atoms with Crippen molar-refractivity contribution in [1.82, 2.24) is 10.1 Å². The number of hydrogen-bond acceptors (Lipinski definition) is 4. The highest BCUT2D eigenvalue weighted by atomic mass is 16.5. The minimum atomic E-state index is -0.358. The predicted molar refractivity (Wildman–Crippen MR) is 98.5 cm³/mol. The summed E-state index contributed by atoms with van der Waals surface area (Å²) in [4.78, 5) is 2.25. The molecule has 2 atom stereocenters. The number of piperidine rings is 1. The number of fused-ring (bicyclic) bond motifs is 1. The molecule has 1 aromatic heterocycles. The van der Waals surface area contributed by atoms with Crippen molar-refractivity contribution in [2.75, 3.05) is 13.1 Å². The molecule has 1 aliphatic rings. The highest BCUT2D eigenvalue weighted by Gasteiger charge is 2.29. The molecule has 0 radical (unpaired) electrons. The van der Waals surface area contributed by atoms with E-state index in [1.807, 2.05) is 6.07 Å². The number of aliphatic hydroxyl groups is 1. The number of likely N-dealkylation sites (tertiary alicyclic amines) is 1. The van der Waals surface area contributed by atoms with E-state index >= 15 is 0 Å². The van der Waals surface area contributed by atoms with Crippen LogP contribution in [0.3, 0.4) is 0 Å². The summed E-state index contributed by atoms with van der Waals surface area (Å²) in [6, 6.07) is 16.9. The van der Waals surface area contributed by atoms with Crippen LogP contribution < -0.4 is 0 Å². The smallest absolute Gasteiger partial charge is 0.150 e. The van der Waals surface area contributed by atoms with E-state index in [9.17, 15) is 5.11 Å². The second kappa shape index (κ2) is 6.98. The Morgan fingerprint density at radius 1 is 1.16 bits per heavy atom. The summed E-state index contributed by atoms with van der Waals surface area (Å²) >= 11 is 0. The van der Waals surface area contributed by atoms with Crippen LogP contribution in [0, 0.1) is 0 Å². The second-order valence-electron chi connectivity index (χ2n) is 6.94. The number of β-amino-alcohol motifs (C(OH)–C–C–N with tert-alkyl or cyclic N) is 1. The number of hydrogen-bond donors (Lipinski definition) is 1. The maximum atomic E-state index is 10.7. The van der Waals surface area contributed by atoms with Crippen LogP contribution in [0.2, 0.25) is 0 Å². The summed E-state index contributed by atoms with van der Waals surface area (Å²) in [6.07, 6.45) is 1.48. The molecule has 2 heterocycles.